The Bertz CT molecular complexity index is 1780. The molecule has 0 aliphatic carbocycles. The van der Waals surface area contributed by atoms with Gasteiger partial charge in [-0.3, -0.25) is 4.79 Å². The van der Waals surface area contributed by atoms with Crippen LogP contribution in [0, 0.1) is 28.9 Å². The highest BCUT2D eigenvalue weighted by Gasteiger charge is 2.52. The normalized spacial score (nSPS) is 19.8. The molecular weight excluding hydrogens is 577 g/mol. The molecule has 6 rings (SSSR count). The SMILES string of the molecule is N#Cc1cnc(/C(F)=C/c2ccc(F)c([C@]34CN(c5ncc(F)cn5)C[C@H]3CSC(NC(=O)c3ccccc3)=N4)c2)cn1. The van der Waals surface area contributed by atoms with Gasteiger partial charge in [0.05, 0.1) is 31.3 Å². The maximum absolute atomic E-state index is 15.7. The molecule has 1 fully saturated rings. The van der Waals surface area contributed by atoms with Crippen LogP contribution in [0.3, 0.4) is 0 Å². The molecule has 2 aromatic carbocycles. The number of amides is 1. The van der Waals surface area contributed by atoms with Crippen LogP contribution < -0.4 is 10.2 Å². The van der Waals surface area contributed by atoms with Crippen LogP contribution >= 0.6 is 11.8 Å². The summed E-state index contributed by atoms with van der Waals surface area (Å²) in [6.45, 7) is 0.513. The molecule has 9 nitrogen and oxygen atoms in total. The minimum absolute atomic E-state index is 0.0462. The van der Waals surface area contributed by atoms with Gasteiger partial charge in [-0.15, -0.1) is 0 Å². The number of carbonyl (C=O) groups excluding carboxylic acids is 1. The van der Waals surface area contributed by atoms with Crippen LogP contribution in [0.2, 0.25) is 0 Å². The van der Waals surface area contributed by atoms with E-state index in [2.05, 4.69) is 25.3 Å². The first-order chi connectivity index (χ1) is 20.8. The van der Waals surface area contributed by atoms with Crippen molar-refractivity contribution in [2.75, 3.05) is 23.7 Å². The Balaban J connectivity index is 1.40. The number of aromatic nitrogens is 4. The van der Waals surface area contributed by atoms with Gasteiger partial charge >= 0.3 is 0 Å². The van der Waals surface area contributed by atoms with Crippen LogP contribution in [0.25, 0.3) is 11.9 Å². The van der Waals surface area contributed by atoms with Crippen molar-refractivity contribution in [3.05, 3.63) is 113 Å². The number of anilines is 1. The lowest BCUT2D eigenvalue weighted by Crippen LogP contribution is -2.43. The van der Waals surface area contributed by atoms with Crippen molar-refractivity contribution in [2.24, 2.45) is 10.9 Å². The lowest BCUT2D eigenvalue weighted by Gasteiger charge is -2.35. The first kappa shape index (κ1) is 28.0. The van der Waals surface area contributed by atoms with Gasteiger partial charge in [0.15, 0.2) is 22.5 Å². The zero-order valence-corrected chi connectivity index (χ0v) is 23.1. The maximum Gasteiger partial charge on any atom is 0.257 e. The largest absolute Gasteiger partial charge is 0.338 e. The number of rotatable bonds is 5. The highest BCUT2D eigenvalue weighted by atomic mass is 32.2. The van der Waals surface area contributed by atoms with Crippen LogP contribution in [0.1, 0.15) is 32.9 Å². The molecule has 0 saturated carbocycles. The van der Waals surface area contributed by atoms with Crippen molar-refractivity contribution in [3.63, 3.8) is 0 Å². The third-order valence-electron chi connectivity index (χ3n) is 7.18. The smallest absolute Gasteiger partial charge is 0.257 e. The molecule has 4 heterocycles. The third kappa shape index (κ3) is 5.69. The average molecular weight is 599 g/mol. The quantitative estimate of drug-likeness (QED) is 0.350. The first-order valence-electron chi connectivity index (χ1n) is 13.1. The Morgan fingerprint density at radius 1 is 1.07 bits per heavy atom. The van der Waals surface area contributed by atoms with Crippen molar-refractivity contribution in [1.29, 1.82) is 5.26 Å². The molecule has 0 spiro atoms. The lowest BCUT2D eigenvalue weighted by molar-refractivity contribution is 0.0977. The number of nitrogens with zero attached hydrogens (tertiary/aromatic N) is 7. The van der Waals surface area contributed by atoms with Crippen molar-refractivity contribution in [2.45, 2.75) is 5.54 Å². The molecule has 2 aliphatic heterocycles. The van der Waals surface area contributed by atoms with Crippen molar-refractivity contribution in [3.8, 4) is 6.07 Å². The summed E-state index contributed by atoms with van der Waals surface area (Å²) in [5.74, 6) is -1.77. The molecule has 214 valence electrons. The number of amidine groups is 1. The van der Waals surface area contributed by atoms with E-state index >= 15 is 8.78 Å². The fourth-order valence-corrected chi connectivity index (χ4v) is 6.25. The number of nitrogens with one attached hydrogen (secondary N) is 1. The number of thioether (sulfide) groups is 1. The third-order valence-corrected chi connectivity index (χ3v) is 8.21. The number of carbonyl (C=O) groups is 1. The van der Waals surface area contributed by atoms with Gasteiger partial charge in [-0.05, 0) is 35.9 Å². The molecular formula is C30H21F3N8OS. The summed E-state index contributed by atoms with van der Waals surface area (Å²) in [4.78, 5) is 35.7. The van der Waals surface area contributed by atoms with E-state index in [1.165, 1.54) is 36.0 Å². The van der Waals surface area contributed by atoms with E-state index in [1.54, 1.807) is 35.2 Å². The summed E-state index contributed by atoms with van der Waals surface area (Å²) < 4.78 is 44.4. The van der Waals surface area contributed by atoms with E-state index in [9.17, 15) is 9.18 Å². The minimum Gasteiger partial charge on any atom is -0.338 e. The van der Waals surface area contributed by atoms with Crippen LogP contribution in [0.15, 0.2) is 78.3 Å². The molecule has 43 heavy (non-hydrogen) atoms. The Morgan fingerprint density at radius 2 is 1.86 bits per heavy atom. The number of benzene rings is 2. The molecule has 2 aliphatic rings. The number of aliphatic imine (C=N–C) groups is 1. The second kappa shape index (κ2) is 11.7. The number of fused-ring (bicyclic) bond motifs is 1. The van der Waals surface area contributed by atoms with Crippen molar-refractivity contribution in [1.82, 2.24) is 25.3 Å². The number of hydrogen-bond acceptors (Lipinski definition) is 9. The van der Waals surface area contributed by atoms with Gasteiger partial charge in [0.25, 0.3) is 5.91 Å². The molecule has 13 heteroatoms. The Morgan fingerprint density at radius 3 is 2.58 bits per heavy atom. The van der Waals surface area contributed by atoms with Gasteiger partial charge in [0.1, 0.15) is 23.1 Å². The highest BCUT2D eigenvalue weighted by molar-refractivity contribution is 8.13. The van der Waals surface area contributed by atoms with Crippen LogP contribution in [0.5, 0.6) is 0 Å². The van der Waals surface area contributed by atoms with Crippen LogP contribution in [0.4, 0.5) is 19.1 Å². The van der Waals surface area contributed by atoms with Crippen molar-refractivity contribution >= 4 is 40.7 Å². The first-order valence-corrected chi connectivity index (χ1v) is 14.0. The zero-order chi connectivity index (χ0) is 30.0. The van der Waals surface area contributed by atoms with Crippen molar-refractivity contribution < 1.29 is 18.0 Å². The summed E-state index contributed by atoms with van der Waals surface area (Å²) in [5, 5.41) is 12.1. The molecule has 0 bridgehead atoms. The monoisotopic (exact) mass is 598 g/mol. The van der Waals surface area contributed by atoms with Gasteiger partial charge in [-0.1, -0.05) is 36.0 Å². The predicted molar refractivity (Wildman–Crippen MR) is 155 cm³/mol. The molecule has 0 radical (unpaired) electrons. The number of hydrogen-bond donors (Lipinski definition) is 1. The zero-order valence-electron chi connectivity index (χ0n) is 22.3. The molecule has 1 amide bonds. The standard InChI is InChI=1S/C30H21F3N8OS/c31-21-11-37-28(38-12-21)41-15-20-16-43-29(39-27(42)19-4-2-1-3-5-19)40-30(20,17-41)23-8-18(6-7-24(23)32)9-25(33)26-14-35-22(10-34)13-36-26/h1-9,11-14,20H,15-17H2,(H,39,40,42)/b25-9-/t20-,30-/m0/s1. The second-order valence-corrected chi connectivity index (χ2v) is 10.9. The Labute approximate surface area is 248 Å². The highest BCUT2D eigenvalue weighted by Crippen LogP contribution is 2.47. The summed E-state index contributed by atoms with van der Waals surface area (Å²) in [5.41, 5.74) is -0.269. The number of nitriles is 1. The van der Waals surface area contributed by atoms with Gasteiger partial charge in [0.2, 0.25) is 5.95 Å². The van der Waals surface area contributed by atoms with E-state index in [4.69, 9.17) is 10.3 Å². The Kier molecular flexibility index (Phi) is 7.60. The van der Waals surface area contributed by atoms with Crippen LogP contribution in [-0.2, 0) is 5.54 Å². The van der Waals surface area contributed by atoms with E-state index in [0.29, 0.717) is 28.6 Å². The summed E-state index contributed by atoms with van der Waals surface area (Å²) >= 11 is 1.33. The van der Waals surface area contributed by atoms with Gasteiger partial charge in [0, 0.05) is 29.3 Å². The van der Waals surface area contributed by atoms with E-state index in [-0.39, 0.29) is 41.3 Å². The summed E-state index contributed by atoms with van der Waals surface area (Å²) in [6.07, 6.45) is 5.61. The molecule has 1 N–H and O–H groups in total. The van der Waals surface area contributed by atoms with Gasteiger partial charge in [-0.2, -0.15) is 5.26 Å². The molecule has 2 aromatic heterocycles. The van der Waals surface area contributed by atoms with Gasteiger partial charge < -0.3 is 10.2 Å². The molecule has 2 atom stereocenters. The lowest BCUT2D eigenvalue weighted by atomic mass is 9.81. The molecule has 4 aromatic rings. The average Bonchev–Trinajstić information content (AvgIpc) is 3.42. The number of halogens is 3. The fraction of sp³-hybridized carbons (Fsp3) is 0.167. The predicted octanol–water partition coefficient (Wildman–Crippen LogP) is 4.75. The maximum atomic E-state index is 15.7. The van der Waals surface area contributed by atoms with E-state index < -0.39 is 23.0 Å². The van der Waals surface area contributed by atoms with E-state index in [1.807, 2.05) is 6.07 Å². The molecule has 1 saturated heterocycles. The summed E-state index contributed by atoms with van der Waals surface area (Å²) in [7, 11) is 0. The van der Waals surface area contributed by atoms with E-state index in [0.717, 1.165) is 24.8 Å². The fourth-order valence-electron chi connectivity index (χ4n) is 5.11. The Hall–Kier alpha value is -5.09. The van der Waals surface area contributed by atoms with Crippen LogP contribution in [-0.4, -0.2) is 49.9 Å². The topological polar surface area (TPSA) is 120 Å². The molecule has 0 unspecified atom stereocenters. The summed E-state index contributed by atoms with van der Waals surface area (Å²) in [6, 6.07) is 14.7. The van der Waals surface area contributed by atoms with Gasteiger partial charge in [-0.25, -0.2) is 38.1 Å². The second-order valence-electron chi connectivity index (χ2n) is 9.88. The minimum atomic E-state index is -1.21.